The van der Waals surface area contributed by atoms with Crippen LogP contribution in [0.3, 0.4) is 0 Å². The molecule has 3 heteroatoms. The summed E-state index contributed by atoms with van der Waals surface area (Å²) in [6.07, 6.45) is 4.39. The van der Waals surface area contributed by atoms with Crippen molar-refractivity contribution in [1.29, 1.82) is 0 Å². The van der Waals surface area contributed by atoms with E-state index in [1.165, 1.54) is 33.6 Å². The van der Waals surface area contributed by atoms with Crippen LogP contribution in [0, 0.1) is 27.7 Å². The van der Waals surface area contributed by atoms with Gasteiger partial charge in [-0.2, -0.15) is 0 Å². The van der Waals surface area contributed by atoms with E-state index >= 15 is 0 Å². The number of benzene rings is 2. The summed E-state index contributed by atoms with van der Waals surface area (Å²) in [4.78, 5) is 0. The monoisotopic (exact) mass is 296 g/mol. The van der Waals surface area contributed by atoms with Crippen molar-refractivity contribution in [3.05, 3.63) is 71.0 Å². The van der Waals surface area contributed by atoms with Gasteiger partial charge >= 0.3 is 8.51 Å². The molecule has 1 aromatic heterocycles. The molecule has 0 saturated heterocycles. The minimum Gasteiger partial charge on any atom is -0.102 e. The van der Waals surface area contributed by atoms with Gasteiger partial charge in [0.1, 0.15) is 0 Å². The number of aryl methyl sites for hydroxylation is 4. The fraction of sp³-hybridized carbons (Fsp3) is 0.222. The van der Waals surface area contributed by atoms with Crippen molar-refractivity contribution in [3.63, 3.8) is 0 Å². The van der Waals surface area contributed by atoms with Crippen molar-refractivity contribution in [2.45, 2.75) is 27.7 Å². The third-order valence-corrected chi connectivity index (χ3v) is 5.12. The minimum atomic E-state index is 0.587. The quantitative estimate of drug-likeness (QED) is 0.684. The van der Waals surface area contributed by atoms with E-state index < -0.39 is 0 Å². The molecule has 0 fully saturated rings. The average Bonchev–Trinajstić information content (AvgIpc) is 2.87. The topological polar surface area (TPSA) is 7.76 Å². The molecule has 0 spiro atoms. The van der Waals surface area contributed by atoms with E-state index in [-0.39, 0.29) is 0 Å². The van der Waals surface area contributed by atoms with Gasteiger partial charge in [0.05, 0.1) is 0 Å². The van der Waals surface area contributed by atoms with Gasteiger partial charge in [0, 0.05) is 22.3 Å². The Kier molecular flexibility index (Phi) is 3.65. The minimum absolute atomic E-state index is 0.587. The molecule has 1 heterocycles. The number of nitrogens with zero attached hydrogens (tertiary/aromatic N) is 2. The van der Waals surface area contributed by atoms with Crippen LogP contribution in [0.25, 0.3) is 11.4 Å². The molecule has 0 amide bonds. The lowest BCUT2D eigenvalue weighted by atomic mass is 10.1. The lowest BCUT2D eigenvalue weighted by molar-refractivity contribution is -0.563. The molecule has 0 unspecified atom stereocenters. The molecule has 106 valence electrons. The Labute approximate surface area is 127 Å². The van der Waals surface area contributed by atoms with Crippen LogP contribution < -0.4 is 8.66 Å². The number of para-hydroxylation sites is 2. The van der Waals surface area contributed by atoms with E-state index in [0.717, 1.165) is 0 Å². The summed E-state index contributed by atoms with van der Waals surface area (Å²) < 4.78 is 4.72. The summed E-state index contributed by atoms with van der Waals surface area (Å²) in [5.41, 5.74) is 7.98. The second kappa shape index (κ2) is 5.46. The van der Waals surface area contributed by atoms with Gasteiger partial charge in [-0.15, -0.1) is 8.66 Å². The molecule has 3 rings (SSSR count). The summed E-state index contributed by atoms with van der Waals surface area (Å²) in [5.74, 6) is 0. The smallest absolute Gasteiger partial charge is 0.102 e. The van der Waals surface area contributed by atoms with Gasteiger partial charge in [0.25, 0.3) is 0 Å². The van der Waals surface area contributed by atoms with Crippen LogP contribution in [0.4, 0.5) is 0 Å². The van der Waals surface area contributed by atoms with Gasteiger partial charge < -0.3 is 0 Å². The molecule has 0 aliphatic heterocycles. The highest BCUT2D eigenvalue weighted by Gasteiger charge is 2.23. The van der Waals surface area contributed by atoms with Crippen molar-refractivity contribution in [2.24, 2.45) is 0 Å². The summed E-state index contributed by atoms with van der Waals surface area (Å²) in [7, 11) is 0.587. The molecule has 0 radical (unpaired) electrons. The van der Waals surface area contributed by atoms with Crippen molar-refractivity contribution >= 4 is 8.51 Å². The Balaban J connectivity index is 2.13. The Hall–Kier alpha value is -1.92. The predicted molar refractivity (Wildman–Crippen MR) is 88.0 cm³/mol. The first-order chi connectivity index (χ1) is 10.1. The molecule has 0 saturated carbocycles. The van der Waals surface area contributed by atoms with Gasteiger partial charge in [-0.3, -0.25) is 0 Å². The molecule has 0 aliphatic carbocycles. The molecule has 0 atom stereocenters. The van der Waals surface area contributed by atoms with Gasteiger partial charge in [-0.1, -0.05) is 36.4 Å². The highest BCUT2D eigenvalue weighted by atomic mass is 31.1. The van der Waals surface area contributed by atoms with E-state index in [1.807, 2.05) is 0 Å². The van der Waals surface area contributed by atoms with Crippen molar-refractivity contribution in [1.82, 2.24) is 0 Å². The number of rotatable bonds is 2. The zero-order valence-electron chi connectivity index (χ0n) is 13.0. The molecular formula is C18H21N2P+2. The maximum Gasteiger partial charge on any atom is 0.399 e. The van der Waals surface area contributed by atoms with Crippen LogP contribution in [0.15, 0.2) is 48.8 Å². The maximum absolute atomic E-state index is 2.36. The van der Waals surface area contributed by atoms with Gasteiger partial charge in [-0.25, -0.2) is 0 Å². The first kappa shape index (κ1) is 14.0. The van der Waals surface area contributed by atoms with E-state index in [9.17, 15) is 0 Å². The van der Waals surface area contributed by atoms with E-state index in [2.05, 4.69) is 85.1 Å². The molecule has 0 aliphatic rings. The molecule has 21 heavy (non-hydrogen) atoms. The number of aromatic nitrogens is 2. The third-order valence-electron chi connectivity index (χ3n) is 3.94. The van der Waals surface area contributed by atoms with Crippen LogP contribution in [-0.4, -0.2) is 0 Å². The summed E-state index contributed by atoms with van der Waals surface area (Å²) >= 11 is 0. The molecule has 3 aromatic rings. The largest absolute Gasteiger partial charge is 0.399 e. The normalized spacial score (nSPS) is 10.9. The van der Waals surface area contributed by atoms with Crippen molar-refractivity contribution in [2.75, 3.05) is 0 Å². The standard InChI is InChI=1S/C18H21N2P/c1-13-7-5-8-14(2)17(13)19-11-12-20(21-19)18-15(3)9-6-10-16(18)4/h5-12,21H,1-4H3/q+2. The predicted octanol–water partition coefficient (Wildman–Crippen LogP) is 3.50. The third kappa shape index (κ3) is 2.52. The summed E-state index contributed by atoms with van der Waals surface area (Å²) in [5, 5.41) is 0. The van der Waals surface area contributed by atoms with Crippen LogP contribution >= 0.6 is 8.51 Å². The number of hydrogen-bond acceptors (Lipinski definition) is 0. The van der Waals surface area contributed by atoms with Gasteiger partial charge in [0.15, 0.2) is 0 Å². The van der Waals surface area contributed by atoms with Crippen LogP contribution in [0.5, 0.6) is 0 Å². The number of hydrogen-bond donors (Lipinski definition) is 0. The lowest BCUT2D eigenvalue weighted by Crippen LogP contribution is -2.30. The van der Waals surface area contributed by atoms with Gasteiger partial charge in [-0.05, 0) is 27.7 Å². The Morgan fingerprint density at radius 2 is 0.952 bits per heavy atom. The zero-order valence-corrected chi connectivity index (χ0v) is 14.0. The van der Waals surface area contributed by atoms with Gasteiger partial charge in [0.2, 0.25) is 23.8 Å². The lowest BCUT2D eigenvalue weighted by Gasteiger charge is -2.00. The second-order valence-corrected chi connectivity index (χ2v) is 6.78. The van der Waals surface area contributed by atoms with Crippen LogP contribution in [0.1, 0.15) is 22.3 Å². The average molecular weight is 296 g/mol. The zero-order chi connectivity index (χ0) is 15.0. The molecule has 2 aromatic carbocycles. The maximum atomic E-state index is 2.36. The van der Waals surface area contributed by atoms with E-state index in [1.54, 1.807) is 0 Å². The van der Waals surface area contributed by atoms with Crippen molar-refractivity contribution < 1.29 is 8.66 Å². The fourth-order valence-corrected chi connectivity index (χ4v) is 4.34. The Morgan fingerprint density at radius 1 is 0.619 bits per heavy atom. The van der Waals surface area contributed by atoms with E-state index in [4.69, 9.17) is 0 Å². The van der Waals surface area contributed by atoms with Crippen LogP contribution in [-0.2, 0) is 0 Å². The van der Waals surface area contributed by atoms with Crippen molar-refractivity contribution in [3.8, 4) is 11.4 Å². The molecule has 2 nitrogen and oxygen atoms in total. The molecular weight excluding hydrogens is 275 g/mol. The second-order valence-electron chi connectivity index (χ2n) is 5.62. The first-order valence-electron chi connectivity index (χ1n) is 7.23. The highest BCUT2D eigenvalue weighted by Crippen LogP contribution is 2.17. The SMILES string of the molecule is Cc1cccc(C)c1-[n+]1cc[n+](-c2c(C)cccc2C)[pH]1. The van der Waals surface area contributed by atoms with E-state index in [0.29, 0.717) is 8.51 Å². The summed E-state index contributed by atoms with van der Waals surface area (Å²) in [6, 6.07) is 13.0. The summed E-state index contributed by atoms with van der Waals surface area (Å²) in [6.45, 7) is 8.73. The fourth-order valence-electron chi connectivity index (χ4n) is 2.94. The van der Waals surface area contributed by atoms with Crippen LogP contribution in [0.2, 0.25) is 0 Å². The highest BCUT2D eigenvalue weighted by molar-refractivity contribution is 7.12. The Bertz CT molecular complexity index is 696. The molecule has 0 bridgehead atoms. The molecule has 0 N–H and O–H groups in total. The first-order valence-corrected chi connectivity index (χ1v) is 8.13. The Morgan fingerprint density at radius 3 is 1.29 bits per heavy atom.